The number of nitrogens with zero attached hydrogens (tertiary/aromatic N) is 3. The quantitative estimate of drug-likeness (QED) is 0.427. The second-order valence-electron chi connectivity index (χ2n) is 8.57. The van der Waals surface area contributed by atoms with Crippen LogP contribution in [0.1, 0.15) is 21.2 Å². The minimum atomic E-state index is -2.42. The zero-order valence-corrected chi connectivity index (χ0v) is 20.9. The number of fused-ring (bicyclic) bond motifs is 1. The lowest BCUT2D eigenvalue weighted by Gasteiger charge is -2.19. The van der Waals surface area contributed by atoms with Crippen LogP contribution >= 0.6 is 0 Å². The Morgan fingerprint density at radius 1 is 1.19 bits per heavy atom. The predicted octanol–water partition coefficient (Wildman–Crippen LogP) is 2.95. The van der Waals surface area contributed by atoms with E-state index in [9.17, 15) is 23.6 Å². The number of carbonyl (C=O) groups is 3. The molecule has 37 heavy (non-hydrogen) atoms. The Hall–Kier alpha value is -4.41. The van der Waals surface area contributed by atoms with Gasteiger partial charge >= 0.3 is 6.09 Å². The molecule has 0 aliphatic heterocycles. The Bertz CT molecular complexity index is 1460. The number of amides is 3. The maximum absolute atomic E-state index is 13.5. The predicted molar refractivity (Wildman–Crippen MR) is 138 cm³/mol. The van der Waals surface area contributed by atoms with E-state index in [4.69, 9.17) is 7.48 Å². The second kappa shape index (κ2) is 12.0. The number of H-pyrrole nitrogens is 1. The molecule has 1 unspecified atom stereocenters. The number of allylic oxidation sites excluding steroid dienone is 1. The van der Waals surface area contributed by atoms with Gasteiger partial charge in [0.15, 0.2) is 6.10 Å². The van der Waals surface area contributed by atoms with Gasteiger partial charge in [-0.2, -0.15) is 0 Å². The van der Waals surface area contributed by atoms with Crippen LogP contribution in [-0.4, -0.2) is 71.6 Å². The minimum Gasteiger partial charge on any atom is -0.436 e. The molecular formula is C26H30FN5O5. The molecule has 0 radical (unpaired) electrons. The fourth-order valence-corrected chi connectivity index (χ4v) is 3.27. The van der Waals surface area contributed by atoms with Gasteiger partial charge in [-0.3, -0.25) is 14.4 Å². The molecule has 196 valence electrons. The number of carbonyl (C=O) groups excluding carboxylic acids is 3. The lowest BCUT2D eigenvalue weighted by molar-refractivity contribution is -0.125. The molecule has 3 rings (SSSR count). The number of aromatic amines is 1. The summed E-state index contributed by atoms with van der Waals surface area (Å²) in [7, 11) is 5.80. The molecule has 2 heterocycles. The molecule has 2 aromatic heterocycles. The number of anilines is 1. The average Bonchev–Trinajstić information content (AvgIpc) is 3.25. The summed E-state index contributed by atoms with van der Waals surface area (Å²) in [4.78, 5) is 55.7. The highest BCUT2D eigenvalue weighted by Crippen LogP contribution is 2.17. The van der Waals surface area contributed by atoms with Gasteiger partial charge in [0.1, 0.15) is 11.5 Å². The average molecular weight is 514 g/mol. The summed E-state index contributed by atoms with van der Waals surface area (Å²) in [5, 5.41) is 3.01. The van der Waals surface area contributed by atoms with Gasteiger partial charge in [0.2, 0.25) is 5.91 Å². The second-order valence-corrected chi connectivity index (χ2v) is 8.57. The van der Waals surface area contributed by atoms with Crippen LogP contribution in [0.2, 0.25) is 0 Å². The van der Waals surface area contributed by atoms with Crippen LogP contribution in [0.3, 0.4) is 0 Å². The number of hydrogen-bond donors (Lipinski definition) is 2. The number of hydrogen-bond acceptors (Lipinski definition) is 5. The summed E-state index contributed by atoms with van der Waals surface area (Å²) in [6.45, 7) is 0.0867. The summed E-state index contributed by atoms with van der Waals surface area (Å²) in [5.74, 6) is -1.83. The minimum absolute atomic E-state index is 0.0867. The van der Waals surface area contributed by atoms with E-state index >= 15 is 0 Å². The standard InChI is InChI=1S/C26H30FN5O5/c1-30(2)23(33)10-6-5-9-22(37-26(36)31(3)4)24(34)29-21-8-7-13-32(25(21)35)16-19-15-17-14-18(27)11-12-20(17)28-19/h6-8,10-15,22,28H,5,9,16H2,1-4H3,(H,29,34)/b10-6+/i9D2. The molecule has 0 saturated carbocycles. The van der Waals surface area contributed by atoms with E-state index in [1.807, 2.05) is 0 Å². The van der Waals surface area contributed by atoms with Crippen molar-refractivity contribution in [1.29, 1.82) is 0 Å². The van der Waals surface area contributed by atoms with Crippen molar-refractivity contribution in [2.24, 2.45) is 0 Å². The monoisotopic (exact) mass is 513 g/mol. The van der Waals surface area contributed by atoms with Crippen LogP contribution in [0.4, 0.5) is 14.9 Å². The van der Waals surface area contributed by atoms with Crippen molar-refractivity contribution in [3.8, 4) is 0 Å². The molecule has 1 aromatic carbocycles. The first-order chi connectivity index (χ1) is 18.3. The third-order valence-electron chi connectivity index (χ3n) is 5.20. The third kappa shape index (κ3) is 7.29. The van der Waals surface area contributed by atoms with Crippen LogP contribution in [0.15, 0.2) is 59.5 Å². The topological polar surface area (TPSA) is 117 Å². The van der Waals surface area contributed by atoms with Crippen molar-refractivity contribution in [3.63, 3.8) is 0 Å². The van der Waals surface area contributed by atoms with E-state index in [0.717, 1.165) is 11.0 Å². The van der Waals surface area contributed by atoms with Crippen LogP contribution < -0.4 is 10.9 Å². The fraction of sp³-hybridized carbons (Fsp3) is 0.308. The molecule has 3 amide bonds. The number of halogens is 1. The van der Waals surface area contributed by atoms with Gasteiger partial charge in [-0.1, -0.05) is 6.08 Å². The van der Waals surface area contributed by atoms with Crippen molar-refractivity contribution in [2.75, 3.05) is 33.5 Å². The maximum atomic E-state index is 13.5. The highest BCUT2D eigenvalue weighted by Gasteiger charge is 2.24. The lowest BCUT2D eigenvalue weighted by Crippen LogP contribution is -2.37. The van der Waals surface area contributed by atoms with E-state index < -0.39 is 36.5 Å². The number of ether oxygens (including phenoxy) is 1. The molecule has 1 atom stereocenters. The van der Waals surface area contributed by atoms with Gasteiger partial charge < -0.3 is 29.4 Å². The van der Waals surface area contributed by atoms with Gasteiger partial charge in [0.25, 0.3) is 11.5 Å². The molecular weight excluding hydrogens is 481 g/mol. The van der Waals surface area contributed by atoms with Crippen molar-refractivity contribution in [3.05, 3.63) is 76.6 Å². The summed E-state index contributed by atoms with van der Waals surface area (Å²) in [6.07, 6.45) is -1.86. The van der Waals surface area contributed by atoms with Gasteiger partial charge in [-0.25, -0.2) is 9.18 Å². The van der Waals surface area contributed by atoms with Crippen molar-refractivity contribution >= 4 is 34.5 Å². The molecule has 11 heteroatoms. The molecule has 10 nitrogen and oxygen atoms in total. The number of nitrogens with one attached hydrogen (secondary N) is 2. The van der Waals surface area contributed by atoms with Crippen LogP contribution in [0.25, 0.3) is 10.9 Å². The highest BCUT2D eigenvalue weighted by atomic mass is 19.1. The van der Waals surface area contributed by atoms with Crippen molar-refractivity contribution in [1.82, 2.24) is 19.4 Å². The lowest BCUT2D eigenvalue weighted by atomic mass is 10.1. The molecule has 0 saturated heterocycles. The smallest absolute Gasteiger partial charge is 0.410 e. The molecule has 2 N–H and O–H groups in total. The number of aromatic nitrogens is 2. The molecule has 3 aromatic rings. The van der Waals surface area contributed by atoms with E-state index in [1.165, 1.54) is 74.2 Å². The van der Waals surface area contributed by atoms with E-state index in [1.54, 1.807) is 12.1 Å². The summed E-state index contributed by atoms with van der Waals surface area (Å²) >= 11 is 0. The van der Waals surface area contributed by atoms with E-state index in [0.29, 0.717) is 16.6 Å². The van der Waals surface area contributed by atoms with Gasteiger partial charge in [-0.05, 0) is 55.3 Å². The Kier molecular flexibility index (Phi) is 7.89. The highest BCUT2D eigenvalue weighted by molar-refractivity contribution is 5.95. The first kappa shape index (κ1) is 24.3. The van der Waals surface area contributed by atoms with E-state index in [-0.39, 0.29) is 24.0 Å². The Morgan fingerprint density at radius 2 is 1.95 bits per heavy atom. The first-order valence-electron chi connectivity index (χ1n) is 12.3. The summed E-state index contributed by atoms with van der Waals surface area (Å²) in [6, 6.07) is 8.83. The van der Waals surface area contributed by atoms with Crippen LogP contribution in [0, 0.1) is 5.82 Å². The Labute approximate surface area is 216 Å². The summed E-state index contributed by atoms with van der Waals surface area (Å²) in [5.41, 5.74) is 0.558. The Morgan fingerprint density at radius 3 is 2.65 bits per heavy atom. The molecule has 0 spiro atoms. The van der Waals surface area contributed by atoms with Crippen LogP contribution in [-0.2, 0) is 20.9 Å². The molecule has 0 aliphatic carbocycles. The third-order valence-corrected chi connectivity index (χ3v) is 5.20. The van der Waals surface area contributed by atoms with Crippen LogP contribution in [0.5, 0.6) is 0 Å². The Balaban J connectivity index is 1.84. The van der Waals surface area contributed by atoms with E-state index in [2.05, 4.69) is 10.3 Å². The normalized spacial score (nSPS) is 13.1. The molecule has 0 bridgehead atoms. The maximum Gasteiger partial charge on any atom is 0.410 e. The number of likely N-dealkylation sites (N-methyl/N-ethyl adjacent to an activating group) is 1. The van der Waals surface area contributed by atoms with Crippen molar-refractivity contribution < 1.29 is 26.3 Å². The zero-order chi connectivity index (χ0) is 28.9. The zero-order valence-electron chi connectivity index (χ0n) is 22.9. The van der Waals surface area contributed by atoms with Crippen molar-refractivity contribution in [2.45, 2.75) is 25.4 Å². The molecule has 0 fully saturated rings. The van der Waals surface area contributed by atoms with Gasteiger partial charge in [0.05, 0.1) is 6.54 Å². The van der Waals surface area contributed by atoms with Gasteiger partial charge in [-0.15, -0.1) is 0 Å². The fourth-order valence-electron chi connectivity index (χ4n) is 3.27. The number of benzene rings is 1. The van der Waals surface area contributed by atoms with Gasteiger partial charge in [0, 0.05) is 53.7 Å². The number of rotatable bonds is 9. The SMILES string of the molecule is [2H]C([2H])(C/C=C/C(=O)N(C)C)C(OC(=O)N(C)C)C(=O)Nc1cccn(Cc2cc3cc(F)ccc3[nH]2)c1=O. The number of pyridine rings is 1. The first-order valence-corrected chi connectivity index (χ1v) is 11.3. The molecule has 0 aliphatic rings. The summed E-state index contributed by atoms with van der Waals surface area (Å²) < 4.78 is 36.8. The largest absolute Gasteiger partial charge is 0.436 e.